The number of benzene rings is 1. The molecule has 0 aliphatic carbocycles. The van der Waals surface area contributed by atoms with Crippen molar-refractivity contribution in [2.75, 3.05) is 0 Å². The van der Waals surface area contributed by atoms with Crippen LogP contribution in [-0.2, 0) is 0 Å². The van der Waals surface area contributed by atoms with E-state index < -0.39 is 0 Å². The van der Waals surface area contributed by atoms with Crippen molar-refractivity contribution in [3.05, 3.63) is 53.7 Å². The third kappa shape index (κ3) is 2.96. The number of para-hydroxylation sites is 1. The summed E-state index contributed by atoms with van der Waals surface area (Å²) < 4.78 is 5.89. The first-order valence-electron chi connectivity index (χ1n) is 6.69. The molecule has 4 heteroatoms. The van der Waals surface area contributed by atoms with E-state index in [1.807, 2.05) is 18.2 Å². The van der Waals surface area contributed by atoms with E-state index in [0.29, 0.717) is 17.4 Å². The molecule has 1 heterocycles. The topological polar surface area (TPSA) is 72.0 Å². The molecule has 2 aromatic rings. The molecule has 0 radical (unpaired) electrons. The maximum atomic E-state index is 7.57. The number of nitrogens with one attached hydrogen (secondary N) is 1. The van der Waals surface area contributed by atoms with Gasteiger partial charge in [0.1, 0.15) is 11.6 Å². The first-order valence-corrected chi connectivity index (χ1v) is 6.69. The fourth-order valence-corrected chi connectivity index (χ4v) is 1.98. The van der Waals surface area contributed by atoms with Gasteiger partial charge in [0.25, 0.3) is 0 Å². The molecule has 2 rings (SSSR count). The predicted octanol–water partition coefficient (Wildman–Crippen LogP) is 3.67. The molecule has 0 saturated heterocycles. The number of hydrogen-bond acceptors (Lipinski definition) is 3. The second-order valence-electron chi connectivity index (χ2n) is 4.72. The van der Waals surface area contributed by atoms with Crippen LogP contribution in [0.4, 0.5) is 0 Å². The second-order valence-corrected chi connectivity index (χ2v) is 4.72. The van der Waals surface area contributed by atoms with Crippen molar-refractivity contribution in [1.29, 1.82) is 5.41 Å². The van der Waals surface area contributed by atoms with Crippen LogP contribution in [0, 0.1) is 5.41 Å². The third-order valence-corrected chi connectivity index (χ3v) is 3.33. The van der Waals surface area contributed by atoms with Crippen molar-refractivity contribution < 1.29 is 4.74 Å². The summed E-state index contributed by atoms with van der Waals surface area (Å²) in [6.45, 7) is 4.30. The average molecular weight is 269 g/mol. The van der Waals surface area contributed by atoms with E-state index in [2.05, 4.69) is 24.9 Å². The van der Waals surface area contributed by atoms with Gasteiger partial charge in [-0.2, -0.15) is 0 Å². The zero-order chi connectivity index (χ0) is 14.5. The second kappa shape index (κ2) is 6.19. The molecule has 0 aliphatic heterocycles. The van der Waals surface area contributed by atoms with Crippen LogP contribution in [0.2, 0.25) is 0 Å². The van der Waals surface area contributed by atoms with Crippen molar-refractivity contribution in [1.82, 2.24) is 4.98 Å². The number of nitrogens with zero attached hydrogens (tertiary/aromatic N) is 1. The lowest BCUT2D eigenvalue weighted by Gasteiger charge is -2.16. The van der Waals surface area contributed by atoms with E-state index in [9.17, 15) is 0 Å². The summed E-state index contributed by atoms with van der Waals surface area (Å²) in [6.07, 6.45) is 2.66. The largest absolute Gasteiger partial charge is 0.438 e. The maximum absolute atomic E-state index is 7.57. The van der Waals surface area contributed by atoms with Crippen LogP contribution in [0.1, 0.15) is 37.3 Å². The number of ether oxygens (including phenoxy) is 1. The summed E-state index contributed by atoms with van der Waals surface area (Å²) in [5.74, 6) is 1.49. The Morgan fingerprint density at radius 1 is 1.30 bits per heavy atom. The molecule has 20 heavy (non-hydrogen) atoms. The van der Waals surface area contributed by atoms with Gasteiger partial charge in [0.05, 0.1) is 5.56 Å². The van der Waals surface area contributed by atoms with Gasteiger partial charge >= 0.3 is 0 Å². The molecule has 0 aliphatic rings. The number of hydrogen-bond donors (Lipinski definition) is 2. The Kier molecular flexibility index (Phi) is 4.35. The lowest BCUT2D eigenvalue weighted by atomic mass is 9.98. The standard InChI is InChI=1S/C16H19N3O/c1-3-11(2)12-7-4-5-9-14(12)20-16-13(15(17)18)8-6-10-19-16/h4-11H,3H2,1-2H3,(H3,17,18). The summed E-state index contributed by atoms with van der Waals surface area (Å²) in [4.78, 5) is 4.18. The quantitative estimate of drug-likeness (QED) is 0.642. The minimum Gasteiger partial charge on any atom is -0.438 e. The summed E-state index contributed by atoms with van der Waals surface area (Å²) in [5, 5.41) is 7.57. The molecule has 1 atom stereocenters. The Bertz CT molecular complexity index is 610. The van der Waals surface area contributed by atoms with Gasteiger partial charge in [0.15, 0.2) is 0 Å². The number of nitrogen functional groups attached to an aromatic ring is 1. The highest BCUT2D eigenvalue weighted by Gasteiger charge is 2.13. The highest BCUT2D eigenvalue weighted by molar-refractivity contribution is 5.97. The third-order valence-electron chi connectivity index (χ3n) is 3.33. The minimum atomic E-state index is -0.0471. The molecule has 1 aromatic carbocycles. The molecule has 4 nitrogen and oxygen atoms in total. The fourth-order valence-electron chi connectivity index (χ4n) is 1.98. The van der Waals surface area contributed by atoms with Crippen molar-refractivity contribution >= 4 is 5.84 Å². The number of rotatable bonds is 5. The fraction of sp³-hybridized carbons (Fsp3) is 0.250. The van der Waals surface area contributed by atoms with Gasteiger partial charge in [-0.3, -0.25) is 5.41 Å². The molecule has 3 N–H and O–H groups in total. The first-order chi connectivity index (χ1) is 9.63. The Balaban J connectivity index is 2.38. The van der Waals surface area contributed by atoms with E-state index in [4.69, 9.17) is 15.9 Å². The molecule has 0 spiro atoms. The van der Waals surface area contributed by atoms with Crippen LogP contribution in [0.3, 0.4) is 0 Å². The highest BCUT2D eigenvalue weighted by Crippen LogP contribution is 2.32. The van der Waals surface area contributed by atoms with Gasteiger partial charge < -0.3 is 10.5 Å². The monoisotopic (exact) mass is 269 g/mol. The highest BCUT2D eigenvalue weighted by atomic mass is 16.5. The number of nitrogens with two attached hydrogens (primary N) is 1. The molecule has 0 fully saturated rings. The van der Waals surface area contributed by atoms with Crippen LogP contribution in [0.15, 0.2) is 42.6 Å². The van der Waals surface area contributed by atoms with Gasteiger partial charge in [0, 0.05) is 6.20 Å². The molecular formula is C16H19N3O. The summed E-state index contributed by atoms with van der Waals surface area (Å²) in [5.41, 5.74) is 7.20. The Hall–Kier alpha value is -2.36. The molecule has 1 unspecified atom stereocenters. The minimum absolute atomic E-state index is 0.0471. The summed E-state index contributed by atoms with van der Waals surface area (Å²) in [7, 11) is 0. The molecule has 1 aromatic heterocycles. The van der Waals surface area contributed by atoms with Crippen LogP contribution in [-0.4, -0.2) is 10.8 Å². The maximum Gasteiger partial charge on any atom is 0.230 e. The van der Waals surface area contributed by atoms with Gasteiger partial charge in [0.2, 0.25) is 5.88 Å². The molecule has 0 amide bonds. The van der Waals surface area contributed by atoms with Gasteiger partial charge in [-0.25, -0.2) is 4.98 Å². The zero-order valence-electron chi connectivity index (χ0n) is 11.8. The molecule has 0 bridgehead atoms. The van der Waals surface area contributed by atoms with Gasteiger partial charge in [-0.15, -0.1) is 0 Å². The summed E-state index contributed by atoms with van der Waals surface area (Å²) >= 11 is 0. The van der Waals surface area contributed by atoms with Crippen molar-refractivity contribution in [3.8, 4) is 11.6 Å². The van der Waals surface area contributed by atoms with Crippen molar-refractivity contribution in [3.63, 3.8) is 0 Å². The number of pyridine rings is 1. The van der Waals surface area contributed by atoms with E-state index in [0.717, 1.165) is 17.7 Å². The molecular weight excluding hydrogens is 250 g/mol. The van der Waals surface area contributed by atoms with Crippen LogP contribution in [0.5, 0.6) is 11.6 Å². The zero-order valence-corrected chi connectivity index (χ0v) is 11.8. The normalized spacial score (nSPS) is 11.9. The average Bonchev–Trinajstić information content (AvgIpc) is 2.47. The predicted molar refractivity (Wildman–Crippen MR) is 80.5 cm³/mol. The Morgan fingerprint density at radius 3 is 2.75 bits per heavy atom. The molecule has 0 saturated carbocycles. The van der Waals surface area contributed by atoms with E-state index in [1.165, 1.54) is 0 Å². The lowest BCUT2D eigenvalue weighted by molar-refractivity contribution is 0.451. The van der Waals surface area contributed by atoms with Crippen molar-refractivity contribution in [2.45, 2.75) is 26.2 Å². The van der Waals surface area contributed by atoms with E-state index in [1.54, 1.807) is 18.3 Å². The lowest BCUT2D eigenvalue weighted by Crippen LogP contribution is -2.13. The van der Waals surface area contributed by atoms with Crippen LogP contribution < -0.4 is 10.5 Å². The summed E-state index contributed by atoms with van der Waals surface area (Å²) in [6, 6.07) is 11.4. The van der Waals surface area contributed by atoms with Crippen LogP contribution >= 0.6 is 0 Å². The van der Waals surface area contributed by atoms with E-state index in [-0.39, 0.29) is 5.84 Å². The van der Waals surface area contributed by atoms with E-state index >= 15 is 0 Å². The molecule has 104 valence electrons. The number of amidine groups is 1. The number of aromatic nitrogens is 1. The first kappa shape index (κ1) is 14.1. The Labute approximate surface area is 119 Å². The van der Waals surface area contributed by atoms with Gasteiger partial charge in [-0.1, -0.05) is 32.0 Å². The van der Waals surface area contributed by atoms with Crippen LogP contribution in [0.25, 0.3) is 0 Å². The smallest absolute Gasteiger partial charge is 0.230 e. The van der Waals surface area contributed by atoms with Crippen molar-refractivity contribution in [2.24, 2.45) is 5.73 Å². The Morgan fingerprint density at radius 2 is 2.05 bits per heavy atom. The SMILES string of the molecule is CCC(C)c1ccccc1Oc1ncccc1C(=N)N. The van der Waals surface area contributed by atoms with Gasteiger partial charge in [-0.05, 0) is 36.1 Å².